The number of hydrogen-bond acceptors (Lipinski definition) is 5. The first-order valence-corrected chi connectivity index (χ1v) is 9.52. The number of benzene rings is 2. The number of methoxy groups -OCH3 is 2. The summed E-state index contributed by atoms with van der Waals surface area (Å²) in [5, 5.41) is 3.54. The van der Waals surface area contributed by atoms with Gasteiger partial charge in [0.2, 0.25) is 0 Å². The van der Waals surface area contributed by atoms with Crippen LogP contribution >= 0.6 is 0 Å². The number of hydrogen-bond donors (Lipinski definition) is 1. The minimum absolute atomic E-state index is 0.145. The summed E-state index contributed by atoms with van der Waals surface area (Å²) in [5.74, 6) is 0.163. The fraction of sp³-hybridized carbons (Fsp3) is 0.333. The van der Waals surface area contributed by atoms with E-state index in [1.807, 2.05) is 12.1 Å². The third kappa shape index (κ3) is 3.65. The fourth-order valence-corrected chi connectivity index (χ4v) is 3.53. The second-order valence-corrected chi connectivity index (χ2v) is 8.28. The van der Waals surface area contributed by atoms with Gasteiger partial charge in [0.05, 0.1) is 19.8 Å². The summed E-state index contributed by atoms with van der Waals surface area (Å²) in [6.07, 6.45) is 1.61. The van der Waals surface area contributed by atoms with Crippen molar-refractivity contribution in [2.45, 2.75) is 38.6 Å². The molecule has 2 aromatic carbocycles. The zero-order valence-corrected chi connectivity index (χ0v) is 17.8. The highest BCUT2D eigenvalue weighted by molar-refractivity contribution is 6.09. The molecular formula is C24H27NO4. The first kappa shape index (κ1) is 20.6. The van der Waals surface area contributed by atoms with Crippen LogP contribution in [0.15, 0.2) is 48.5 Å². The highest BCUT2D eigenvalue weighted by Crippen LogP contribution is 2.44. The number of carbonyl (C=O) groups excluding carboxylic acids is 2. The minimum Gasteiger partial charge on any atom is -0.497 e. The van der Waals surface area contributed by atoms with Crippen LogP contribution in [-0.2, 0) is 10.2 Å². The Balaban J connectivity index is 2.04. The van der Waals surface area contributed by atoms with Crippen molar-refractivity contribution >= 4 is 17.4 Å². The van der Waals surface area contributed by atoms with E-state index < -0.39 is 5.97 Å². The number of ether oxygens (including phenoxy) is 2. The highest BCUT2D eigenvalue weighted by Gasteiger charge is 2.44. The molecule has 0 amide bonds. The predicted octanol–water partition coefficient (Wildman–Crippen LogP) is 4.37. The van der Waals surface area contributed by atoms with Crippen molar-refractivity contribution in [2.75, 3.05) is 14.2 Å². The average molecular weight is 393 g/mol. The molecule has 152 valence electrons. The molecule has 0 fully saturated rings. The summed E-state index contributed by atoms with van der Waals surface area (Å²) < 4.78 is 10.1. The smallest absolute Gasteiger partial charge is 0.337 e. The van der Waals surface area contributed by atoms with Crippen LogP contribution in [0.4, 0.5) is 0 Å². The van der Waals surface area contributed by atoms with Crippen molar-refractivity contribution in [1.82, 2.24) is 5.32 Å². The Morgan fingerprint density at radius 1 is 0.931 bits per heavy atom. The van der Waals surface area contributed by atoms with Crippen molar-refractivity contribution in [2.24, 2.45) is 0 Å². The third-order valence-corrected chi connectivity index (χ3v) is 6.07. The van der Waals surface area contributed by atoms with Crippen LogP contribution in [0.1, 0.15) is 59.5 Å². The molecule has 0 bridgehead atoms. The second kappa shape index (κ2) is 7.39. The van der Waals surface area contributed by atoms with E-state index in [9.17, 15) is 9.59 Å². The quantitative estimate of drug-likeness (QED) is 0.475. The Bertz CT molecular complexity index is 984. The van der Waals surface area contributed by atoms with E-state index in [2.05, 4.69) is 39.1 Å². The molecule has 1 heterocycles. The molecule has 1 aliphatic rings. The van der Waals surface area contributed by atoms with Gasteiger partial charge >= 0.3 is 5.97 Å². The van der Waals surface area contributed by atoms with Gasteiger partial charge in [0.1, 0.15) is 5.75 Å². The topological polar surface area (TPSA) is 64.6 Å². The first-order valence-electron chi connectivity index (χ1n) is 9.52. The molecule has 0 radical (unpaired) electrons. The third-order valence-electron chi connectivity index (χ3n) is 6.07. The van der Waals surface area contributed by atoms with E-state index in [4.69, 9.17) is 9.47 Å². The molecule has 0 aromatic heterocycles. The normalized spacial score (nSPS) is 17.8. The van der Waals surface area contributed by atoms with Gasteiger partial charge in [-0.3, -0.25) is 4.79 Å². The number of fused-ring (bicyclic) bond motifs is 1. The fourth-order valence-electron chi connectivity index (χ4n) is 3.53. The summed E-state index contributed by atoms with van der Waals surface area (Å²) in [4.78, 5) is 24.5. The number of ketones is 1. The minimum atomic E-state index is -0.429. The van der Waals surface area contributed by atoms with E-state index in [1.54, 1.807) is 37.5 Å². The van der Waals surface area contributed by atoms with Crippen molar-refractivity contribution < 1.29 is 19.1 Å². The monoisotopic (exact) mass is 393 g/mol. The highest BCUT2D eigenvalue weighted by atomic mass is 16.5. The second-order valence-electron chi connectivity index (χ2n) is 8.28. The van der Waals surface area contributed by atoms with E-state index in [0.29, 0.717) is 11.1 Å². The summed E-state index contributed by atoms with van der Waals surface area (Å²) in [5.41, 5.74) is 3.34. The van der Waals surface area contributed by atoms with Gasteiger partial charge in [-0.25, -0.2) is 4.79 Å². The molecule has 0 atom stereocenters. The van der Waals surface area contributed by atoms with Crippen molar-refractivity contribution in [1.29, 1.82) is 0 Å². The van der Waals surface area contributed by atoms with Gasteiger partial charge in [-0.05, 0) is 43.7 Å². The lowest BCUT2D eigenvalue weighted by molar-refractivity contribution is 0.0600. The number of allylic oxidation sites excluding steroid dienone is 1. The lowest BCUT2D eigenvalue weighted by Gasteiger charge is -2.49. The maximum atomic E-state index is 12.9. The molecule has 0 aliphatic carbocycles. The summed E-state index contributed by atoms with van der Waals surface area (Å²) in [6, 6.07) is 12.4. The maximum Gasteiger partial charge on any atom is 0.337 e. The molecule has 0 saturated heterocycles. The Kier molecular flexibility index (Phi) is 5.26. The Hall–Kier alpha value is -3.08. The Morgan fingerprint density at radius 2 is 1.55 bits per heavy atom. The maximum absolute atomic E-state index is 12.9. The van der Waals surface area contributed by atoms with Gasteiger partial charge < -0.3 is 14.8 Å². The molecule has 29 heavy (non-hydrogen) atoms. The van der Waals surface area contributed by atoms with E-state index >= 15 is 0 Å². The van der Waals surface area contributed by atoms with Gasteiger partial charge in [0.25, 0.3) is 0 Å². The van der Waals surface area contributed by atoms with Crippen LogP contribution in [0.3, 0.4) is 0 Å². The van der Waals surface area contributed by atoms with Crippen molar-refractivity contribution in [3.05, 3.63) is 70.8 Å². The number of carbonyl (C=O) groups is 2. The molecule has 1 aliphatic heterocycles. The molecule has 0 unspecified atom stereocenters. The Labute approximate surface area is 171 Å². The van der Waals surface area contributed by atoms with Crippen LogP contribution in [-0.4, -0.2) is 31.5 Å². The first-order chi connectivity index (χ1) is 13.6. The van der Waals surface area contributed by atoms with Crippen LogP contribution in [0.25, 0.3) is 5.70 Å². The Morgan fingerprint density at radius 3 is 2.14 bits per heavy atom. The summed E-state index contributed by atoms with van der Waals surface area (Å²) >= 11 is 0. The zero-order valence-electron chi connectivity index (χ0n) is 17.8. The van der Waals surface area contributed by atoms with Crippen LogP contribution < -0.4 is 10.1 Å². The average Bonchev–Trinajstić information content (AvgIpc) is 2.71. The van der Waals surface area contributed by atoms with Gasteiger partial charge in [-0.2, -0.15) is 0 Å². The molecule has 3 rings (SSSR count). The summed E-state index contributed by atoms with van der Waals surface area (Å²) in [7, 11) is 2.96. The number of nitrogens with one attached hydrogen (secondary N) is 1. The molecule has 5 nitrogen and oxygen atoms in total. The van der Waals surface area contributed by atoms with Crippen molar-refractivity contribution in [3.63, 3.8) is 0 Å². The van der Waals surface area contributed by atoms with Crippen LogP contribution in [0.2, 0.25) is 0 Å². The van der Waals surface area contributed by atoms with Gasteiger partial charge in [0, 0.05) is 33.9 Å². The lowest BCUT2D eigenvalue weighted by Crippen LogP contribution is -2.56. The molecule has 5 heteroatoms. The van der Waals surface area contributed by atoms with E-state index in [0.717, 1.165) is 22.6 Å². The zero-order chi connectivity index (χ0) is 21.4. The van der Waals surface area contributed by atoms with E-state index in [-0.39, 0.29) is 16.7 Å². The SMILES string of the molecule is COC(=O)c1ccc(C(=O)C=C2NC(C)(C)C(C)(C)c3ccc(OC)cc32)cc1. The van der Waals surface area contributed by atoms with Crippen LogP contribution in [0, 0.1) is 0 Å². The lowest BCUT2D eigenvalue weighted by atomic mass is 9.65. The van der Waals surface area contributed by atoms with Crippen molar-refractivity contribution in [3.8, 4) is 5.75 Å². The molecule has 1 N–H and O–H groups in total. The summed E-state index contributed by atoms with van der Waals surface area (Å²) in [6.45, 7) is 8.64. The number of esters is 1. The molecule has 0 spiro atoms. The molecular weight excluding hydrogens is 366 g/mol. The number of rotatable bonds is 4. The predicted molar refractivity (Wildman–Crippen MR) is 113 cm³/mol. The van der Waals surface area contributed by atoms with Gasteiger partial charge in [0.15, 0.2) is 5.78 Å². The largest absolute Gasteiger partial charge is 0.497 e. The van der Waals surface area contributed by atoms with E-state index in [1.165, 1.54) is 7.11 Å². The van der Waals surface area contributed by atoms with Gasteiger partial charge in [-0.15, -0.1) is 0 Å². The van der Waals surface area contributed by atoms with Crippen LogP contribution in [0.5, 0.6) is 5.75 Å². The van der Waals surface area contributed by atoms with Gasteiger partial charge in [-0.1, -0.05) is 32.0 Å². The standard InChI is InChI=1S/C24H27NO4/c1-23(2)19-12-11-17(28-5)13-18(19)20(25-24(23,3)4)14-21(26)15-7-9-16(10-8-15)22(27)29-6/h7-14,25H,1-6H3. The molecule has 2 aromatic rings. The molecule has 0 saturated carbocycles.